The summed E-state index contributed by atoms with van der Waals surface area (Å²) in [5.74, 6) is 0. The molecule has 0 saturated carbocycles. The minimum Gasteiger partial charge on any atom is -0.315 e. The van der Waals surface area contributed by atoms with E-state index in [0.29, 0.717) is 6.04 Å². The van der Waals surface area contributed by atoms with Gasteiger partial charge in [0, 0.05) is 20.1 Å². The quantitative estimate of drug-likeness (QED) is 0.652. The fraction of sp³-hybridized carbons (Fsp3) is 1.00. The summed E-state index contributed by atoms with van der Waals surface area (Å²) in [6, 6.07) is 1.45. The molecule has 2 heteroatoms. The first-order chi connectivity index (χ1) is 5.22. The van der Waals surface area contributed by atoms with Crippen LogP contribution in [0.3, 0.4) is 0 Å². The highest BCUT2D eigenvalue weighted by Crippen LogP contribution is 2.10. The van der Waals surface area contributed by atoms with Crippen molar-refractivity contribution in [2.24, 2.45) is 0 Å². The minimum atomic E-state index is 0. The first-order valence-corrected chi connectivity index (χ1v) is 4.64. The number of likely N-dealkylation sites (N-methyl/N-ethyl adjacent to an activating group) is 1. The maximum Gasteiger partial charge on any atom is 0.0220 e. The van der Waals surface area contributed by atoms with Gasteiger partial charge < -0.3 is 5.32 Å². The van der Waals surface area contributed by atoms with E-state index in [2.05, 4.69) is 31.1 Å². The van der Waals surface area contributed by atoms with Gasteiger partial charge in [0.15, 0.2) is 0 Å². The molecule has 1 heterocycles. The van der Waals surface area contributed by atoms with Gasteiger partial charge >= 0.3 is 0 Å². The van der Waals surface area contributed by atoms with Crippen molar-refractivity contribution in [2.45, 2.75) is 38.8 Å². The van der Waals surface area contributed by atoms with Crippen molar-refractivity contribution < 1.29 is 1.43 Å². The third-order valence-electron chi connectivity index (χ3n) is 2.66. The van der Waals surface area contributed by atoms with Gasteiger partial charge in [0.25, 0.3) is 0 Å². The van der Waals surface area contributed by atoms with E-state index in [1.807, 2.05) is 0 Å². The van der Waals surface area contributed by atoms with Crippen molar-refractivity contribution in [3.63, 3.8) is 0 Å². The maximum absolute atomic E-state index is 3.43. The van der Waals surface area contributed by atoms with Crippen molar-refractivity contribution in [3.8, 4) is 0 Å². The van der Waals surface area contributed by atoms with Gasteiger partial charge in [-0.1, -0.05) is 0 Å². The zero-order chi connectivity index (χ0) is 8.27. The van der Waals surface area contributed by atoms with Gasteiger partial charge in [0.1, 0.15) is 0 Å². The average molecular weight is 158 g/mol. The lowest BCUT2D eigenvalue weighted by Crippen LogP contribution is -2.46. The van der Waals surface area contributed by atoms with Crippen LogP contribution in [-0.2, 0) is 0 Å². The van der Waals surface area contributed by atoms with Crippen LogP contribution in [0.2, 0.25) is 0 Å². The molecule has 1 aliphatic rings. The number of nitrogens with zero attached hydrogens (tertiary/aromatic N) is 1. The maximum atomic E-state index is 3.43. The lowest BCUT2D eigenvalue weighted by molar-refractivity contribution is 0.165. The van der Waals surface area contributed by atoms with E-state index in [4.69, 9.17) is 0 Å². The molecule has 1 unspecified atom stereocenters. The first kappa shape index (κ1) is 9.01. The fourth-order valence-corrected chi connectivity index (χ4v) is 1.60. The minimum absolute atomic E-state index is 0. The smallest absolute Gasteiger partial charge is 0.0220 e. The van der Waals surface area contributed by atoms with Crippen LogP contribution in [0.1, 0.15) is 28.1 Å². The molecule has 0 aromatic rings. The summed E-state index contributed by atoms with van der Waals surface area (Å²) in [7, 11) is 2.22. The van der Waals surface area contributed by atoms with E-state index in [9.17, 15) is 0 Å². The lowest BCUT2D eigenvalue weighted by atomic mass is 10.1. The summed E-state index contributed by atoms with van der Waals surface area (Å²) < 4.78 is 0. The van der Waals surface area contributed by atoms with Crippen LogP contribution >= 0.6 is 0 Å². The third-order valence-corrected chi connectivity index (χ3v) is 2.66. The van der Waals surface area contributed by atoms with E-state index in [1.54, 1.807) is 0 Å². The zero-order valence-electron chi connectivity index (χ0n) is 7.93. The molecule has 68 valence electrons. The highest BCUT2D eigenvalue weighted by atomic mass is 15.2. The number of piperidine rings is 1. The Labute approximate surface area is 71.4 Å². The molecular formula is C9H22N2. The Kier molecular flexibility index (Phi) is 3.34. The van der Waals surface area contributed by atoms with Gasteiger partial charge in [0.05, 0.1) is 0 Å². The molecular weight excluding hydrogens is 136 g/mol. The Bertz CT molecular complexity index is 111. The van der Waals surface area contributed by atoms with Crippen molar-refractivity contribution >= 4 is 0 Å². The molecule has 0 aromatic heterocycles. The van der Waals surface area contributed by atoms with Crippen LogP contribution in [0.15, 0.2) is 0 Å². The van der Waals surface area contributed by atoms with Gasteiger partial charge in [-0.05, 0) is 40.3 Å². The molecule has 2 nitrogen and oxygen atoms in total. The van der Waals surface area contributed by atoms with E-state index in [0.717, 1.165) is 6.04 Å². The molecule has 0 amide bonds. The Morgan fingerprint density at radius 3 is 2.73 bits per heavy atom. The van der Waals surface area contributed by atoms with Crippen molar-refractivity contribution in [1.29, 1.82) is 0 Å². The van der Waals surface area contributed by atoms with Crippen LogP contribution in [0.5, 0.6) is 0 Å². The number of rotatable bonds is 2. The second kappa shape index (κ2) is 4.07. The topological polar surface area (TPSA) is 15.3 Å². The summed E-state index contributed by atoms with van der Waals surface area (Å²) in [5.41, 5.74) is 0. The fourth-order valence-electron chi connectivity index (χ4n) is 1.60. The molecule has 0 bridgehead atoms. The van der Waals surface area contributed by atoms with Gasteiger partial charge in [-0.15, -0.1) is 0 Å². The predicted octanol–water partition coefficient (Wildman–Crippen LogP) is 1.32. The Balaban J connectivity index is 0.00000121. The summed E-state index contributed by atoms with van der Waals surface area (Å²) in [5, 5.41) is 3.43. The third kappa shape index (κ3) is 2.46. The normalized spacial score (nSPS) is 26.5. The molecule has 0 radical (unpaired) electrons. The van der Waals surface area contributed by atoms with Crippen LogP contribution in [-0.4, -0.2) is 37.1 Å². The molecule has 1 rings (SSSR count). The highest BCUT2D eigenvalue weighted by molar-refractivity contribution is 4.77. The molecule has 0 spiro atoms. The van der Waals surface area contributed by atoms with Crippen LogP contribution in [0, 0.1) is 0 Å². The van der Waals surface area contributed by atoms with E-state index >= 15 is 0 Å². The molecule has 1 saturated heterocycles. The first-order valence-electron chi connectivity index (χ1n) is 4.64. The van der Waals surface area contributed by atoms with Gasteiger partial charge in [0.2, 0.25) is 0 Å². The molecule has 1 atom stereocenters. The van der Waals surface area contributed by atoms with E-state index in [-0.39, 0.29) is 1.43 Å². The van der Waals surface area contributed by atoms with Crippen LogP contribution in [0.4, 0.5) is 0 Å². The van der Waals surface area contributed by atoms with Gasteiger partial charge in [-0.3, -0.25) is 4.90 Å². The molecule has 0 aliphatic carbocycles. The number of hydrogen-bond donors (Lipinski definition) is 1. The van der Waals surface area contributed by atoms with Crippen LogP contribution in [0.25, 0.3) is 0 Å². The largest absolute Gasteiger partial charge is 0.315 e. The summed E-state index contributed by atoms with van der Waals surface area (Å²) in [6.07, 6.45) is 2.70. The Morgan fingerprint density at radius 1 is 1.55 bits per heavy atom. The van der Waals surface area contributed by atoms with E-state index < -0.39 is 0 Å². The summed E-state index contributed by atoms with van der Waals surface area (Å²) in [6.45, 7) is 6.90. The second-order valence-electron chi connectivity index (χ2n) is 3.76. The molecule has 11 heavy (non-hydrogen) atoms. The molecule has 1 fully saturated rings. The lowest BCUT2D eigenvalue weighted by Gasteiger charge is -2.34. The monoisotopic (exact) mass is 158 g/mol. The summed E-state index contributed by atoms with van der Waals surface area (Å²) >= 11 is 0. The molecule has 0 aromatic carbocycles. The zero-order valence-corrected chi connectivity index (χ0v) is 7.93. The van der Waals surface area contributed by atoms with Gasteiger partial charge in [-0.2, -0.15) is 0 Å². The van der Waals surface area contributed by atoms with Crippen molar-refractivity contribution in [3.05, 3.63) is 0 Å². The van der Waals surface area contributed by atoms with Crippen molar-refractivity contribution in [2.75, 3.05) is 20.1 Å². The standard InChI is InChI=1S/C9H20N2.H2/c1-8(2)11(3)9-5-4-6-10-7-9;/h8-10H,4-7H2,1-3H3;1H. The SMILES string of the molecule is CC(C)N(C)C1CCCNC1.[HH]. The second-order valence-corrected chi connectivity index (χ2v) is 3.76. The predicted molar refractivity (Wildman–Crippen MR) is 50.9 cm³/mol. The Hall–Kier alpha value is -0.0800. The van der Waals surface area contributed by atoms with E-state index in [1.165, 1.54) is 25.9 Å². The Morgan fingerprint density at radius 2 is 2.27 bits per heavy atom. The molecule has 1 aliphatic heterocycles. The average Bonchev–Trinajstić information content (AvgIpc) is 2.05. The van der Waals surface area contributed by atoms with Crippen molar-refractivity contribution in [1.82, 2.24) is 10.2 Å². The van der Waals surface area contributed by atoms with Gasteiger partial charge in [-0.25, -0.2) is 0 Å². The number of nitrogens with one attached hydrogen (secondary N) is 1. The molecule has 1 N–H and O–H groups in total. The number of hydrogen-bond acceptors (Lipinski definition) is 2. The summed E-state index contributed by atoms with van der Waals surface area (Å²) in [4.78, 5) is 2.46. The van der Waals surface area contributed by atoms with Crippen LogP contribution < -0.4 is 5.32 Å². The highest BCUT2D eigenvalue weighted by Gasteiger charge is 2.18.